The minimum Gasteiger partial charge on any atom is -0.486 e. The quantitative estimate of drug-likeness (QED) is 0.368. The Morgan fingerprint density at radius 2 is 1.86 bits per heavy atom. The number of H-pyrrole nitrogens is 1. The molecule has 2 aromatic heterocycles. The second-order valence-corrected chi connectivity index (χ2v) is 9.27. The summed E-state index contributed by atoms with van der Waals surface area (Å²) in [6.45, 7) is 6.30. The van der Waals surface area contributed by atoms with E-state index < -0.39 is 0 Å². The molecule has 0 fully saturated rings. The van der Waals surface area contributed by atoms with Gasteiger partial charge in [-0.15, -0.1) is 5.10 Å². The monoisotopic (exact) mass is 490 g/mol. The highest BCUT2D eigenvalue weighted by molar-refractivity contribution is 5.83. The van der Waals surface area contributed by atoms with Gasteiger partial charge in [-0.25, -0.2) is 4.68 Å². The van der Waals surface area contributed by atoms with Crippen molar-refractivity contribution in [2.24, 2.45) is 5.92 Å². The van der Waals surface area contributed by atoms with Crippen LogP contribution in [0.3, 0.4) is 0 Å². The van der Waals surface area contributed by atoms with Crippen molar-refractivity contribution in [3.63, 3.8) is 0 Å². The average Bonchev–Trinajstić information content (AvgIpc) is 3.31. The second kappa shape index (κ2) is 10.5. The highest BCUT2D eigenvalue weighted by Crippen LogP contribution is 2.34. The summed E-state index contributed by atoms with van der Waals surface area (Å²) in [6, 6.07) is 15.4. The lowest BCUT2D eigenvalue weighted by Crippen LogP contribution is -2.37. The molecular formula is C26H30N6O4. The van der Waals surface area contributed by atoms with Crippen molar-refractivity contribution in [3.8, 4) is 11.5 Å². The molecule has 3 heterocycles. The lowest BCUT2D eigenvalue weighted by molar-refractivity contribution is 0.106. The highest BCUT2D eigenvalue weighted by Gasteiger charge is 2.29. The number of ether oxygens (including phenoxy) is 2. The van der Waals surface area contributed by atoms with E-state index in [9.17, 15) is 9.90 Å². The van der Waals surface area contributed by atoms with Gasteiger partial charge in [0.1, 0.15) is 13.2 Å². The first-order chi connectivity index (χ1) is 17.5. The van der Waals surface area contributed by atoms with Gasteiger partial charge in [-0.2, -0.15) is 0 Å². The number of hydrogen-bond acceptors (Lipinski definition) is 8. The zero-order valence-electron chi connectivity index (χ0n) is 20.4. The maximum Gasteiger partial charge on any atom is 0.252 e. The molecule has 0 amide bonds. The van der Waals surface area contributed by atoms with E-state index in [0.29, 0.717) is 61.3 Å². The van der Waals surface area contributed by atoms with Crippen molar-refractivity contribution in [3.05, 3.63) is 75.8 Å². The molecule has 5 rings (SSSR count). The van der Waals surface area contributed by atoms with Crippen LogP contribution in [0.5, 0.6) is 11.5 Å². The van der Waals surface area contributed by atoms with Crippen LogP contribution < -0.4 is 15.0 Å². The first-order valence-electron chi connectivity index (χ1n) is 12.1. The fourth-order valence-corrected chi connectivity index (χ4v) is 4.74. The van der Waals surface area contributed by atoms with Crippen molar-refractivity contribution in [2.75, 3.05) is 26.4 Å². The molecule has 10 heteroatoms. The van der Waals surface area contributed by atoms with Crippen LogP contribution >= 0.6 is 0 Å². The topological polar surface area (TPSA) is 118 Å². The Balaban J connectivity index is 1.48. The van der Waals surface area contributed by atoms with Gasteiger partial charge in [0.05, 0.1) is 24.7 Å². The Morgan fingerprint density at radius 1 is 1.11 bits per heavy atom. The van der Waals surface area contributed by atoms with Crippen molar-refractivity contribution >= 4 is 10.9 Å². The average molecular weight is 491 g/mol. The third kappa shape index (κ3) is 4.95. The third-order valence-corrected chi connectivity index (χ3v) is 6.37. The number of tetrazole rings is 1. The molecule has 0 aliphatic carbocycles. The second-order valence-electron chi connectivity index (χ2n) is 9.27. The number of nitrogens with one attached hydrogen (secondary N) is 1. The van der Waals surface area contributed by atoms with Crippen LogP contribution in [0.15, 0.2) is 53.3 Å². The minimum absolute atomic E-state index is 0.0619. The zero-order valence-corrected chi connectivity index (χ0v) is 20.4. The molecule has 2 aromatic carbocycles. The van der Waals surface area contributed by atoms with E-state index in [1.807, 2.05) is 42.5 Å². The molecule has 10 nitrogen and oxygen atoms in total. The number of aliphatic hydroxyl groups excluding tert-OH is 1. The molecule has 1 atom stereocenters. The van der Waals surface area contributed by atoms with Gasteiger partial charge in [0.2, 0.25) is 0 Å². The van der Waals surface area contributed by atoms with Crippen LogP contribution in [0.4, 0.5) is 0 Å². The molecule has 0 radical (unpaired) electrons. The summed E-state index contributed by atoms with van der Waals surface area (Å²) >= 11 is 0. The fourth-order valence-electron chi connectivity index (χ4n) is 4.74. The summed E-state index contributed by atoms with van der Waals surface area (Å²) in [5.41, 5.74) is 2.17. The molecular weight excluding hydrogens is 460 g/mol. The maximum absolute atomic E-state index is 13.1. The van der Waals surface area contributed by atoms with Crippen LogP contribution in [0, 0.1) is 5.92 Å². The van der Waals surface area contributed by atoms with E-state index in [0.717, 1.165) is 10.9 Å². The maximum atomic E-state index is 13.1. The van der Waals surface area contributed by atoms with Crippen molar-refractivity contribution in [1.82, 2.24) is 30.1 Å². The number of benzene rings is 2. The minimum atomic E-state index is -0.216. The van der Waals surface area contributed by atoms with Crippen LogP contribution in [0.25, 0.3) is 10.9 Å². The Hall–Kier alpha value is -3.76. The summed E-state index contributed by atoms with van der Waals surface area (Å²) in [4.78, 5) is 18.1. The van der Waals surface area contributed by atoms with Gasteiger partial charge >= 0.3 is 0 Å². The number of nitrogens with zero attached hydrogens (tertiary/aromatic N) is 5. The number of hydrogen-bond donors (Lipinski definition) is 2. The number of fused-ring (bicyclic) bond motifs is 2. The van der Waals surface area contributed by atoms with Gasteiger partial charge in [-0.05, 0) is 34.0 Å². The molecule has 1 aliphatic heterocycles. The van der Waals surface area contributed by atoms with E-state index in [1.54, 1.807) is 10.7 Å². The summed E-state index contributed by atoms with van der Waals surface area (Å²) in [6.07, 6.45) is 0. The SMILES string of the molecule is CC(C)C(c1nnnn1Cc1ccccc1)N(CCO)Cc1cc2cc3c(cc2[nH]c1=O)OCCO3. The number of aromatic nitrogens is 5. The van der Waals surface area contributed by atoms with Gasteiger partial charge in [0.25, 0.3) is 5.56 Å². The highest BCUT2D eigenvalue weighted by atomic mass is 16.6. The molecule has 0 bridgehead atoms. The Morgan fingerprint density at radius 3 is 2.58 bits per heavy atom. The van der Waals surface area contributed by atoms with Gasteiger partial charge < -0.3 is 19.6 Å². The normalized spacial score (nSPS) is 14.0. The predicted octanol–water partition coefficient (Wildman–Crippen LogP) is 2.53. The van der Waals surface area contributed by atoms with E-state index in [-0.39, 0.29) is 24.1 Å². The summed E-state index contributed by atoms with van der Waals surface area (Å²) in [7, 11) is 0. The van der Waals surface area contributed by atoms with Crippen LogP contribution in [-0.2, 0) is 13.1 Å². The lowest BCUT2D eigenvalue weighted by atomic mass is 10.00. The predicted molar refractivity (Wildman–Crippen MR) is 134 cm³/mol. The number of rotatable bonds is 9. The summed E-state index contributed by atoms with van der Waals surface area (Å²) < 4.78 is 13.2. The van der Waals surface area contributed by atoms with Crippen molar-refractivity contribution < 1.29 is 14.6 Å². The van der Waals surface area contributed by atoms with Gasteiger partial charge in [-0.3, -0.25) is 9.69 Å². The Labute approximate surface area is 208 Å². The van der Waals surface area contributed by atoms with E-state index >= 15 is 0 Å². The fraction of sp³-hybridized carbons (Fsp3) is 0.385. The van der Waals surface area contributed by atoms with Crippen LogP contribution in [-0.4, -0.2) is 61.6 Å². The first kappa shape index (κ1) is 24.0. The van der Waals surface area contributed by atoms with Crippen molar-refractivity contribution in [1.29, 1.82) is 0 Å². The Kier molecular flexibility index (Phi) is 6.97. The standard InChI is InChI=1S/C26H30N6O4/c1-17(2)24(25-28-29-30-32(25)15-18-6-4-3-5-7-18)31(8-9-33)16-20-12-19-13-22-23(36-11-10-35-22)14-21(19)27-26(20)34/h3-7,12-14,17,24,33H,8-11,15-16H2,1-2H3,(H,27,34). The lowest BCUT2D eigenvalue weighted by Gasteiger charge is -2.33. The number of aliphatic hydroxyl groups is 1. The van der Waals surface area contributed by atoms with Gasteiger partial charge in [-0.1, -0.05) is 44.2 Å². The molecule has 188 valence electrons. The molecule has 1 unspecified atom stereocenters. The summed E-state index contributed by atoms with van der Waals surface area (Å²) in [5.74, 6) is 2.11. The zero-order chi connectivity index (χ0) is 25.1. The summed E-state index contributed by atoms with van der Waals surface area (Å²) in [5, 5.41) is 23.3. The molecule has 0 spiro atoms. The van der Waals surface area contributed by atoms with Gasteiger partial charge in [0.15, 0.2) is 17.3 Å². The van der Waals surface area contributed by atoms with Gasteiger partial charge in [0, 0.05) is 30.1 Å². The van der Waals surface area contributed by atoms with Crippen LogP contribution in [0.1, 0.15) is 36.8 Å². The van der Waals surface area contributed by atoms with E-state index in [1.165, 1.54) is 0 Å². The molecule has 0 saturated heterocycles. The van der Waals surface area contributed by atoms with Crippen molar-refractivity contribution in [2.45, 2.75) is 33.0 Å². The molecule has 0 saturated carbocycles. The first-order valence-corrected chi connectivity index (χ1v) is 12.1. The Bertz CT molecular complexity index is 1380. The van der Waals surface area contributed by atoms with Crippen LogP contribution in [0.2, 0.25) is 0 Å². The molecule has 36 heavy (non-hydrogen) atoms. The number of aromatic amines is 1. The van der Waals surface area contributed by atoms with E-state index in [2.05, 4.69) is 39.3 Å². The largest absolute Gasteiger partial charge is 0.486 e. The molecule has 2 N–H and O–H groups in total. The number of pyridine rings is 1. The smallest absolute Gasteiger partial charge is 0.252 e. The van der Waals surface area contributed by atoms with E-state index in [4.69, 9.17) is 9.47 Å². The third-order valence-electron chi connectivity index (χ3n) is 6.37. The molecule has 4 aromatic rings. The molecule has 1 aliphatic rings.